The Kier molecular flexibility index (Phi) is 4.77. The van der Waals surface area contributed by atoms with E-state index in [4.69, 9.17) is 14.2 Å². The molecule has 4 rings (SSSR count). The number of aromatic nitrogens is 4. The third-order valence-corrected chi connectivity index (χ3v) is 5.12. The first-order valence-electron chi connectivity index (χ1n) is 9.06. The molecule has 0 saturated heterocycles. The highest BCUT2D eigenvalue weighted by molar-refractivity contribution is 5.57. The summed E-state index contributed by atoms with van der Waals surface area (Å²) in [6.07, 6.45) is 0.757. The molecule has 0 amide bonds. The zero-order valence-electron chi connectivity index (χ0n) is 16.3. The number of aryl methyl sites for hydroxylation is 1. The van der Waals surface area contributed by atoms with Gasteiger partial charge in [-0.15, -0.1) is 0 Å². The summed E-state index contributed by atoms with van der Waals surface area (Å²) in [6, 6.07) is 12.3. The second-order valence-corrected chi connectivity index (χ2v) is 6.73. The molecule has 1 aliphatic heterocycles. The van der Waals surface area contributed by atoms with Crippen LogP contribution < -0.4 is 19.5 Å². The number of fused-ring (bicyclic) bond motifs is 1. The third-order valence-electron chi connectivity index (χ3n) is 5.12. The predicted octanol–water partition coefficient (Wildman–Crippen LogP) is 3.15. The summed E-state index contributed by atoms with van der Waals surface area (Å²) < 4.78 is 18.5. The van der Waals surface area contributed by atoms with Crippen molar-refractivity contribution < 1.29 is 14.2 Å². The normalized spacial score (nSPS) is 18.1. The molecule has 28 heavy (non-hydrogen) atoms. The van der Waals surface area contributed by atoms with Crippen LogP contribution in [0.2, 0.25) is 0 Å². The van der Waals surface area contributed by atoms with E-state index in [1.807, 2.05) is 12.1 Å². The largest absolute Gasteiger partial charge is 0.493 e. The summed E-state index contributed by atoms with van der Waals surface area (Å²) in [5.41, 5.74) is 3.35. The Morgan fingerprint density at radius 3 is 2.39 bits per heavy atom. The number of anilines is 1. The van der Waals surface area contributed by atoms with Crippen molar-refractivity contribution in [3.63, 3.8) is 0 Å². The standard InChI is InChI=1S/C20H23N5O3/c1-12-5-7-13(8-6-12)15-11-16(25-20(21-15)22-23-24-25)14-9-10-17(26-2)19(28-4)18(14)27-3/h5-10,15-16H,11H2,1-4H3,(H,21,22,24)/t15-,16+/m1/s1. The molecule has 0 saturated carbocycles. The van der Waals surface area contributed by atoms with Crippen molar-refractivity contribution in [3.8, 4) is 17.2 Å². The first-order chi connectivity index (χ1) is 13.7. The zero-order valence-corrected chi connectivity index (χ0v) is 16.3. The van der Waals surface area contributed by atoms with E-state index in [9.17, 15) is 0 Å². The van der Waals surface area contributed by atoms with Gasteiger partial charge in [-0.05, 0) is 41.5 Å². The number of hydrogen-bond donors (Lipinski definition) is 1. The van der Waals surface area contributed by atoms with Crippen molar-refractivity contribution in [2.45, 2.75) is 25.4 Å². The van der Waals surface area contributed by atoms with Crippen LogP contribution >= 0.6 is 0 Å². The second-order valence-electron chi connectivity index (χ2n) is 6.73. The summed E-state index contributed by atoms with van der Waals surface area (Å²) in [5.74, 6) is 2.42. The molecule has 8 nitrogen and oxygen atoms in total. The number of rotatable bonds is 5. The maximum atomic E-state index is 5.70. The van der Waals surface area contributed by atoms with Crippen LogP contribution in [0.15, 0.2) is 36.4 Å². The van der Waals surface area contributed by atoms with Gasteiger partial charge in [-0.25, -0.2) is 4.68 Å². The molecule has 146 valence electrons. The van der Waals surface area contributed by atoms with Gasteiger partial charge in [0.05, 0.1) is 33.4 Å². The van der Waals surface area contributed by atoms with E-state index in [-0.39, 0.29) is 12.1 Å². The van der Waals surface area contributed by atoms with Crippen LogP contribution in [0, 0.1) is 6.92 Å². The first kappa shape index (κ1) is 18.1. The molecule has 0 aliphatic carbocycles. The van der Waals surface area contributed by atoms with Gasteiger partial charge in [0.2, 0.25) is 11.7 Å². The second kappa shape index (κ2) is 7.38. The van der Waals surface area contributed by atoms with Crippen LogP contribution in [0.3, 0.4) is 0 Å². The van der Waals surface area contributed by atoms with Crippen LogP contribution in [0.25, 0.3) is 0 Å². The van der Waals surface area contributed by atoms with Gasteiger partial charge in [0.15, 0.2) is 11.5 Å². The Labute approximate surface area is 163 Å². The third kappa shape index (κ3) is 3.00. The number of hydrogen-bond acceptors (Lipinski definition) is 7. The highest BCUT2D eigenvalue weighted by Gasteiger charge is 2.33. The monoisotopic (exact) mass is 381 g/mol. The smallest absolute Gasteiger partial charge is 0.243 e. The maximum absolute atomic E-state index is 5.70. The SMILES string of the molecule is COc1ccc([C@@H]2C[C@H](c3ccc(C)cc3)Nc3nnnn32)c(OC)c1OC. The maximum Gasteiger partial charge on any atom is 0.243 e. The molecule has 1 aliphatic rings. The summed E-state index contributed by atoms with van der Waals surface area (Å²) in [7, 11) is 4.83. The number of tetrazole rings is 1. The molecule has 0 bridgehead atoms. The Balaban J connectivity index is 1.80. The number of ether oxygens (including phenoxy) is 3. The molecular weight excluding hydrogens is 358 g/mol. The van der Waals surface area contributed by atoms with Crippen molar-refractivity contribution in [3.05, 3.63) is 53.1 Å². The Bertz CT molecular complexity index is 970. The molecule has 2 heterocycles. The van der Waals surface area contributed by atoms with Gasteiger partial charge in [0, 0.05) is 5.56 Å². The van der Waals surface area contributed by atoms with Crippen molar-refractivity contribution in [2.75, 3.05) is 26.6 Å². The average molecular weight is 381 g/mol. The fourth-order valence-electron chi connectivity index (χ4n) is 3.70. The zero-order chi connectivity index (χ0) is 19.7. The van der Waals surface area contributed by atoms with Gasteiger partial charge in [-0.2, -0.15) is 0 Å². The minimum Gasteiger partial charge on any atom is -0.493 e. The quantitative estimate of drug-likeness (QED) is 0.727. The number of methoxy groups -OCH3 is 3. The molecule has 1 aromatic heterocycles. The van der Waals surface area contributed by atoms with Gasteiger partial charge in [-0.3, -0.25) is 0 Å². The molecule has 0 spiro atoms. The average Bonchev–Trinajstić information content (AvgIpc) is 3.21. The lowest BCUT2D eigenvalue weighted by atomic mass is 9.92. The van der Waals surface area contributed by atoms with Crippen LogP contribution in [0.5, 0.6) is 17.2 Å². The van der Waals surface area contributed by atoms with Gasteiger partial charge >= 0.3 is 0 Å². The lowest BCUT2D eigenvalue weighted by Crippen LogP contribution is -2.28. The molecule has 1 N–H and O–H groups in total. The van der Waals surface area contributed by atoms with Crippen molar-refractivity contribution in [2.24, 2.45) is 0 Å². The first-order valence-corrected chi connectivity index (χ1v) is 9.06. The van der Waals surface area contributed by atoms with Crippen molar-refractivity contribution >= 4 is 5.95 Å². The summed E-state index contributed by atoms with van der Waals surface area (Å²) in [6.45, 7) is 2.08. The minimum atomic E-state index is -0.118. The van der Waals surface area contributed by atoms with Crippen LogP contribution in [0.4, 0.5) is 5.95 Å². The van der Waals surface area contributed by atoms with Gasteiger partial charge in [0.25, 0.3) is 0 Å². The number of nitrogens with one attached hydrogen (secondary N) is 1. The summed E-state index contributed by atoms with van der Waals surface area (Å²) in [5, 5.41) is 15.6. The molecule has 0 unspecified atom stereocenters. The fourth-order valence-corrected chi connectivity index (χ4v) is 3.70. The Morgan fingerprint density at radius 1 is 0.964 bits per heavy atom. The number of nitrogens with zero attached hydrogens (tertiary/aromatic N) is 4. The van der Waals surface area contributed by atoms with Gasteiger partial charge < -0.3 is 19.5 Å². The van der Waals surface area contributed by atoms with E-state index in [1.54, 1.807) is 26.0 Å². The summed E-state index contributed by atoms with van der Waals surface area (Å²) in [4.78, 5) is 0. The molecular formula is C20H23N5O3. The van der Waals surface area contributed by atoms with E-state index in [0.29, 0.717) is 23.2 Å². The number of benzene rings is 2. The highest BCUT2D eigenvalue weighted by Crippen LogP contribution is 2.46. The van der Waals surface area contributed by atoms with Crippen LogP contribution in [-0.4, -0.2) is 41.5 Å². The fraction of sp³-hybridized carbons (Fsp3) is 0.350. The Morgan fingerprint density at radius 2 is 1.71 bits per heavy atom. The Hall–Kier alpha value is -3.29. The topological polar surface area (TPSA) is 83.3 Å². The van der Waals surface area contributed by atoms with Crippen molar-refractivity contribution in [1.82, 2.24) is 20.2 Å². The lowest BCUT2D eigenvalue weighted by Gasteiger charge is -2.32. The molecule has 8 heteroatoms. The van der Waals surface area contributed by atoms with Crippen LogP contribution in [0.1, 0.15) is 35.2 Å². The highest BCUT2D eigenvalue weighted by atomic mass is 16.5. The van der Waals surface area contributed by atoms with E-state index >= 15 is 0 Å². The lowest BCUT2D eigenvalue weighted by molar-refractivity contribution is 0.315. The molecule has 3 aromatic rings. The molecule has 2 atom stereocenters. The summed E-state index contributed by atoms with van der Waals surface area (Å²) >= 11 is 0. The van der Waals surface area contributed by atoms with Gasteiger partial charge in [0.1, 0.15) is 0 Å². The van der Waals surface area contributed by atoms with E-state index in [1.165, 1.54) is 11.1 Å². The van der Waals surface area contributed by atoms with E-state index in [2.05, 4.69) is 52.0 Å². The van der Waals surface area contributed by atoms with E-state index in [0.717, 1.165) is 12.0 Å². The molecule has 2 aromatic carbocycles. The molecule has 0 fully saturated rings. The minimum absolute atomic E-state index is 0.0712. The predicted molar refractivity (Wildman–Crippen MR) is 104 cm³/mol. The van der Waals surface area contributed by atoms with E-state index < -0.39 is 0 Å². The van der Waals surface area contributed by atoms with Crippen molar-refractivity contribution in [1.29, 1.82) is 0 Å². The van der Waals surface area contributed by atoms with Crippen LogP contribution in [-0.2, 0) is 0 Å². The molecule has 0 radical (unpaired) electrons. The van der Waals surface area contributed by atoms with Gasteiger partial charge in [-0.1, -0.05) is 34.9 Å².